The number of nitrogens with two attached hydrogens (primary N) is 1. The second-order valence-electron chi connectivity index (χ2n) is 2.52. The van der Waals surface area contributed by atoms with E-state index >= 15 is 0 Å². The SMILES string of the molecule is C=Cn1nccc1C(C)CN. The maximum atomic E-state index is 5.51. The van der Waals surface area contributed by atoms with Crippen molar-refractivity contribution in [3.63, 3.8) is 0 Å². The van der Waals surface area contributed by atoms with Gasteiger partial charge in [-0.15, -0.1) is 0 Å². The lowest BCUT2D eigenvalue weighted by molar-refractivity contribution is 0.706. The highest BCUT2D eigenvalue weighted by Gasteiger charge is 2.06. The van der Waals surface area contributed by atoms with Gasteiger partial charge in [0.05, 0.1) is 0 Å². The van der Waals surface area contributed by atoms with Crippen molar-refractivity contribution in [2.45, 2.75) is 12.8 Å². The van der Waals surface area contributed by atoms with E-state index in [1.165, 1.54) is 0 Å². The Morgan fingerprint density at radius 3 is 3.18 bits per heavy atom. The quantitative estimate of drug-likeness (QED) is 0.701. The number of hydrogen-bond donors (Lipinski definition) is 1. The molecule has 1 heterocycles. The van der Waals surface area contributed by atoms with Crippen molar-refractivity contribution < 1.29 is 0 Å². The lowest BCUT2D eigenvalue weighted by Gasteiger charge is -2.07. The predicted molar refractivity (Wildman–Crippen MR) is 46.1 cm³/mol. The molecule has 0 bridgehead atoms. The van der Waals surface area contributed by atoms with Crippen LogP contribution in [0, 0.1) is 0 Å². The van der Waals surface area contributed by atoms with Gasteiger partial charge in [-0.3, -0.25) is 0 Å². The highest BCUT2D eigenvalue weighted by molar-refractivity contribution is 5.22. The van der Waals surface area contributed by atoms with Crippen LogP contribution in [-0.4, -0.2) is 16.3 Å². The van der Waals surface area contributed by atoms with Crippen LogP contribution in [0.3, 0.4) is 0 Å². The van der Waals surface area contributed by atoms with Gasteiger partial charge in [0.2, 0.25) is 0 Å². The molecule has 1 aromatic heterocycles. The molecule has 0 radical (unpaired) electrons. The molecule has 1 unspecified atom stereocenters. The molecule has 0 fully saturated rings. The van der Waals surface area contributed by atoms with E-state index in [0.717, 1.165) is 5.69 Å². The Labute approximate surface area is 66.5 Å². The molecular weight excluding hydrogens is 138 g/mol. The van der Waals surface area contributed by atoms with E-state index in [4.69, 9.17) is 5.73 Å². The van der Waals surface area contributed by atoms with Gasteiger partial charge >= 0.3 is 0 Å². The van der Waals surface area contributed by atoms with Crippen molar-refractivity contribution in [1.29, 1.82) is 0 Å². The van der Waals surface area contributed by atoms with Crippen LogP contribution in [0.25, 0.3) is 6.20 Å². The molecule has 0 saturated carbocycles. The molecule has 2 N–H and O–H groups in total. The van der Waals surface area contributed by atoms with E-state index in [9.17, 15) is 0 Å². The van der Waals surface area contributed by atoms with Gasteiger partial charge in [-0.2, -0.15) is 5.10 Å². The van der Waals surface area contributed by atoms with Crippen LogP contribution in [-0.2, 0) is 0 Å². The van der Waals surface area contributed by atoms with E-state index < -0.39 is 0 Å². The first kappa shape index (κ1) is 8.01. The molecule has 0 aromatic carbocycles. The van der Waals surface area contributed by atoms with E-state index in [1.54, 1.807) is 17.1 Å². The van der Waals surface area contributed by atoms with Crippen LogP contribution in [0.4, 0.5) is 0 Å². The summed E-state index contributed by atoms with van der Waals surface area (Å²) < 4.78 is 1.75. The average molecular weight is 151 g/mol. The second-order valence-corrected chi connectivity index (χ2v) is 2.52. The third-order valence-electron chi connectivity index (χ3n) is 1.73. The Balaban J connectivity index is 2.92. The summed E-state index contributed by atoms with van der Waals surface area (Å²) in [6.07, 6.45) is 3.44. The largest absolute Gasteiger partial charge is 0.330 e. The number of nitrogens with zero attached hydrogens (tertiary/aromatic N) is 2. The van der Waals surface area contributed by atoms with Gasteiger partial charge < -0.3 is 5.73 Å². The standard InChI is InChI=1S/C8H13N3/c1-3-11-8(4-5-10-11)7(2)6-9/h3-5,7H,1,6,9H2,2H3. The fraction of sp³-hybridized carbons (Fsp3) is 0.375. The molecular formula is C8H13N3. The summed E-state index contributed by atoms with van der Waals surface area (Å²) in [5.41, 5.74) is 6.62. The van der Waals surface area contributed by atoms with Crippen molar-refractivity contribution >= 4 is 6.20 Å². The maximum Gasteiger partial charge on any atom is 0.0496 e. The van der Waals surface area contributed by atoms with Crippen LogP contribution in [0.2, 0.25) is 0 Å². The van der Waals surface area contributed by atoms with Crippen LogP contribution in [0.1, 0.15) is 18.5 Å². The zero-order chi connectivity index (χ0) is 8.27. The predicted octanol–water partition coefficient (Wildman–Crippen LogP) is 1.05. The molecule has 1 atom stereocenters. The average Bonchev–Trinajstić information content (AvgIpc) is 2.50. The number of aromatic nitrogens is 2. The molecule has 0 spiro atoms. The summed E-state index contributed by atoms with van der Waals surface area (Å²) in [6.45, 7) is 6.35. The molecule has 0 aliphatic carbocycles. The molecule has 3 heteroatoms. The fourth-order valence-electron chi connectivity index (χ4n) is 0.988. The highest BCUT2D eigenvalue weighted by Crippen LogP contribution is 2.12. The third-order valence-corrected chi connectivity index (χ3v) is 1.73. The van der Waals surface area contributed by atoms with E-state index in [0.29, 0.717) is 12.5 Å². The first-order valence-corrected chi connectivity index (χ1v) is 3.65. The topological polar surface area (TPSA) is 43.8 Å². The Kier molecular flexibility index (Phi) is 2.44. The smallest absolute Gasteiger partial charge is 0.0496 e. The lowest BCUT2D eigenvalue weighted by atomic mass is 10.1. The normalized spacial score (nSPS) is 12.9. The first-order valence-electron chi connectivity index (χ1n) is 3.65. The molecule has 11 heavy (non-hydrogen) atoms. The van der Waals surface area contributed by atoms with E-state index in [1.807, 2.05) is 6.07 Å². The van der Waals surface area contributed by atoms with Gasteiger partial charge in [0.25, 0.3) is 0 Å². The molecule has 1 rings (SSSR count). The Bertz CT molecular complexity index is 239. The fourth-order valence-corrected chi connectivity index (χ4v) is 0.988. The Hall–Kier alpha value is -1.09. The monoisotopic (exact) mass is 151 g/mol. The van der Waals surface area contributed by atoms with Crippen LogP contribution in [0.5, 0.6) is 0 Å². The van der Waals surface area contributed by atoms with Gasteiger partial charge in [0.1, 0.15) is 0 Å². The van der Waals surface area contributed by atoms with E-state index in [-0.39, 0.29) is 0 Å². The maximum absolute atomic E-state index is 5.51. The van der Waals surface area contributed by atoms with Crippen LogP contribution >= 0.6 is 0 Å². The zero-order valence-corrected chi connectivity index (χ0v) is 6.70. The summed E-state index contributed by atoms with van der Waals surface area (Å²) in [6, 6.07) is 1.96. The van der Waals surface area contributed by atoms with Crippen molar-refractivity contribution in [3.05, 3.63) is 24.5 Å². The second kappa shape index (κ2) is 3.34. The molecule has 0 aliphatic heterocycles. The number of rotatable bonds is 3. The zero-order valence-electron chi connectivity index (χ0n) is 6.70. The van der Waals surface area contributed by atoms with E-state index in [2.05, 4.69) is 18.6 Å². The molecule has 0 saturated heterocycles. The third kappa shape index (κ3) is 1.49. The van der Waals surface area contributed by atoms with Gasteiger partial charge in [0.15, 0.2) is 0 Å². The van der Waals surface area contributed by atoms with Gasteiger partial charge in [-0.1, -0.05) is 13.5 Å². The van der Waals surface area contributed by atoms with Crippen molar-refractivity contribution in [3.8, 4) is 0 Å². The summed E-state index contributed by atoms with van der Waals surface area (Å²) in [4.78, 5) is 0. The molecule has 1 aromatic rings. The van der Waals surface area contributed by atoms with Crippen molar-refractivity contribution in [2.75, 3.05) is 6.54 Å². The minimum Gasteiger partial charge on any atom is -0.330 e. The van der Waals surface area contributed by atoms with Crippen LogP contribution in [0.15, 0.2) is 18.8 Å². The summed E-state index contributed by atoms with van der Waals surface area (Å²) in [7, 11) is 0. The Morgan fingerprint density at radius 1 is 1.91 bits per heavy atom. The molecule has 60 valence electrons. The minimum absolute atomic E-state index is 0.343. The summed E-state index contributed by atoms with van der Waals surface area (Å²) >= 11 is 0. The Morgan fingerprint density at radius 2 is 2.64 bits per heavy atom. The highest BCUT2D eigenvalue weighted by atomic mass is 15.3. The summed E-state index contributed by atoms with van der Waals surface area (Å²) in [5, 5.41) is 4.05. The van der Waals surface area contributed by atoms with Crippen molar-refractivity contribution in [1.82, 2.24) is 9.78 Å². The van der Waals surface area contributed by atoms with Crippen LogP contribution < -0.4 is 5.73 Å². The first-order chi connectivity index (χ1) is 5.29. The lowest BCUT2D eigenvalue weighted by Crippen LogP contribution is -2.11. The molecule has 0 amide bonds. The van der Waals surface area contributed by atoms with Crippen molar-refractivity contribution in [2.24, 2.45) is 5.73 Å². The van der Waals surface area contributed by atoms with Gasteiger partial charge in [-0.25, -0.2) is 4.68 Å². The molecule has 3 nitrogen and oxygen atoms in total. The molecule has 0 aliphatic rings. The van der Waals surface area contributed by atoms with Gasteiger partial charge in [-0.05, 0) is 6.07 Å². The summed E-state index contributed by atoms with van der Waals surface area (Å²) in [5.74, 6) is 0.343. The number of hydrogen-bond acceptors (Lipinski definition) is 2. The van der Waals surface area contributed by atoms with Gasteiger partial charge in [0, 0.05) is 30.6 Å². The minimum atomic E-state index is 0.343.